The first-order chi connectivity index (χ1) is 16.8. The van der Waals surface area contributed by atoms with E-state index >= 15 is 0 Å². The summed E-state index contributed by atoms with van der Waals surface area (Å²) in [6.07, 6.45) is 0. The maximum Gasteiger partial charge on any atom is 0.270 e. The zero-order valence-corrected chi connectivity index (χ0v) is 18.6. The molecule has 0 aromatic heterocycles. The number of nitrogens with zero attached hydrogens (tertiary/aromatic N) is 2. The highest BCUT2D eigenvalue weighted by molar-refractivity contribution is 6.23. The Hall–Kier alpha value is -4.86. The number of benzene rings is 3. The molecule has 1 atom stereocenters. The molecule has 3 aromatic rings. The highest BCUT2D eigenvalue weighted by Gasteiger charge is 2.38. The Morgan fingerprint density at radius 3 is 2.31 bits per heavy atom. The van der Waals surface area contributed by atoms with Crippen molar-refractivity contribution in [1.29, 1.82) is 0 Å². The van der Waals surface area contributed by atoms with Crippen molar-refractivity contribution in [2.45, 2.75) is 13.0 Å². The Labute approximate surface area is 199 Å². The molecule has 0 radical (unpaired) electrons. The van der Waals surface area contributed by atoms with Crippen LogP contribution in [0.25, 0.3) is 0 Å². The summed E-state index contributed by atoms with van der Waals surface area (Å²) in [5, 5.41) is 16.4. The van der Waals surface area contributed by atoms with Crippen LogP contribution in [0.3, 0.4) is 0 Å². The largest absolute Gasteiger partial charge is 0.345 e. The predicted octanol–water partition coefficient (Wildman–Crippen LogP) is 3.32. The molecule has 0 aliphatic carbocycles. The Morgan fingerprint density at radius 2 is 1.60 bits per heavy atom. The van der Waals surface area contributed by atoms with E-state index in [0.717, 1.165) is 17.7 Å². The minimum absolute atomic E-state index is 0.0110. The third-order valence-corrected chi connectivity index (χ3v) is 5.56. The molecule has 2 N–H and O–H groups in total. The van der Waals surface area contributed by atoms with Gasteiger partial charge in [-0.2, -0.15) is 0 Å². The van der Waals surface area contributed by atoms with Crippen LogP contribution in [0.5, 0.6) is 0 Å². The number of para-hydroxylation sites is 1. The molecule has 176 valence electrons. The number of hydrogen-bond acceptors (Lipinski definition) is 6. The van der Waals surface area contributed by atoms with E-state index in [4.69, 9.17) is 0 Å². The number of imide groups is 1. The summed E-state index contributed by atoms with van der Waals surface area (Å²) in [6, 6.07) is 18.8. The fourth-order valence-electron chi connectivity index (χ4n) is 3.76. The molecule has 0 saturated carbocycles. The minimum atomic E-state index is -0.799. The lowest BCUT2D eigenvalue weighted by molar-refractivity contribution is -0.384. The summed E-state index contributed by atoms with van der Waals surface area (Å²) in [7, 11) is 0. The van der Waals surface area contributed by atoms with Crippen LogP contribution in [0.15, 0.2) is 72.8 Å². The molecular formula is C25H20N4O6. The second-order valence-electron chi connectivity index (χ2n) is 7.88. The van der Waals surface area contributed by atoms with Crippen molar-refractivity contribution in [3.63, 3.8) is 0 Å². The molecule has 4 amide bonds. The van der Waals surface area contributed by atoms with Crippen molar-refractivity contribution < 1.29 is 24.1 Å². The third-order valence-electron chi connectivity index (χ3n) is 5.56. The number of carbonyl (C=O) groups excluding carboxylic acids is 4. The minimum Gasteiger partial charge on any atom is -0.345 e. The van der Waals surface area contributed by atoms with E-state index in [9.17, 15) is 29.3 Å². The molecule has 4 rings (SSSR count). The lowest BCUT2D eigenvalue weighted by Crippen LogP contribution is -2.37. The maximum atomic E-state index is 12.9. The lowest BCUT2D eigenvalue weighted by atomic mass is 10.1. The molecule has 0 fully saturated rings. The molecule has 10 heteroatoms. The van der Waals surface area contributed by atoms with Crippen LogP contribution in [-0.2, 0) is 4.79 Å². The summed E-state index contributed by atoms with van der Waals surface area (Å²) < 4.78 is 0. The van der Waals surface area contributed by atoms with E-state index in [0.29, 0.717) is 4.90 Å². The average Bonchev–Trinajstić information content (AvgIpc) is 3.09. The number of nitro benzene ring substituents is 1. The van der Waals surface area contributed by atoms with Gasteiger partial charge in [-0.1, -0.05) is 42.5 Å². The number of carbonyl (C=O) groups is 4. The van der Waals surface area contributed by atoms with Crippen LogP contribution in [0, 0.1) is 10.1 Å². The molecule has 0 bridgehead atoms. The van der Waals surface area contributed by atoms with Gasteiger partial charge in [0.1, 0.15) is 6.54 Å². The van der Waals surface area contributed by atoms with Gasteiger partial charge in [0, 0.05) is 12.1 Å². The number of rotatable bonds is 7. The van der Waals surface area contributed by atoms with Crippen LogP contribution >= 0.6 is 0 Å². The van der Waals surface area contributed by atoms with Crippen molar-refractivity contribution in [2.75, 3.05) is 11.9 Å². The monoisotopic (exact) mass is 472 g/mol. The van der Waals surface area contributed by atoms with Gasteiger partial charge in [0.05, 0.1) is 33.3 Å². The number of fused-ring (bicyclic) bond motifs is 1. The lowest BCUT2D eigenvalue weighted by Gasteiger charge is -2.17. The maximum absolute atomic E-state index is 12.9. The first kappa shape index (κ1) is 23.3. The van der Waals surface area contributed by atoms with E-state index in [1.54, 1.807) is 18.2 Å². The van der Waals surface area contributed by atoms with E-state index in [1.165, 1.54) is 12.1 Å². The Morgan fingerprint density at radius 1 is 0.943 bits per heavy atom. The van der Waals surface area contributed by atoms with Gasteiger partial charge in [-0.3, -0.25) is 34.2 Å². The van der Waals surface area contributed by atoms with Gasteiger partial charge >= 0.3 is 0 Å². The van der Waals surface area contributed by atoms with Crippen molar-refractivity contribution in [2.24, 2.45) is 0 Å². The summed E-state index contributed by atoms with van der Waals surface area (Å²) in [5.41, 5.74) is 0.855. The first-order valence-electron chi connectivity index (χ1n) is 10.7. The molecule has 0 saturated heterocycles. The predicted molar refractivity (Wildman–Crippen MR) is 126 cm³/mol. The third kappa shape index (κ3) is 4.76. The number of nitrogens with one attached hydrogen (secondary N) is 2. The van der Waals surface area contributed by atoms with Gasteiger partial charge in [-0.15, -0.1) is 0 Å². The Kier molecular flexibility index (Phi) is 6.36. The van der Waals surface area contributed by atoms with E-state index in [-0.39, 0.29) is 34.1 Å². The number of nitro groups is 1. The van der Waals surface area contributed by atoms with Gasteiger partial charge < -0.3 is 10.6 Å². The fraction of sp³-hybridized carbons (Fsp3) is 0.120. The van der Waals surface area contributed by atoms with Crippen LogP contribution in [0.2, 0.25) is 0 Å². The standard InChI is InChI=1S/C25H20N4O6/c1-15(16-7-3-2-4-8-16)26-23(31)19-9-5-6-10-21(19)27-22(30)14-28-24(32)18-12-11-17(29(34)35)13-20(18)25(28)33/h2-13,15H,14H2,1H3,(H,26,31)(H,27,30). The van der Waals surface area contributed by atoms with Gasteiger partial charge in [-0.25, -0.2) is 0 Å². The molecule has 1 aliphatic heterocycles. The molecule has 1 heterocycles. The number of non-ortho nitro benzene ring substituents is 1. The summed E-state index contributed by atoms with van der Waals surface area (Å²) in [5.74, 6) is -2.64. The van der Waals surface area contributed by atoms with Crippen molar-refractivity contribution in [3.8, 4) is 0 Å². The smallest absolute Gasteiger partial charge is 0.270 e. The number of hydrogen-bond donors (Lipinski definition) is 2. The number of amides is 4. The normalized spacial score (nSPS) is 13.2. The van der Waals surface area contributed by atoms with Crippen LogP contribution in [0.1, 0.15) is 49.6 Å². The Bertz CT molecular complexity index is 1360. The van der Waals surface area contributed by atoms with E-state index < -0.39 is 35.1 Å². The second-order valence-corrected chi connectivity index (χ2v) is 7.88. The van der Waals surface area contributed by atoms with Crippen LogP contribution < -0.4 is 10.6 Å². The van der Waals surface area contributed by atoms with Gasteiger partial charge in [-0.05, 0) is 30.7 Å². The van der Waals surface area contributed by atoms with Crippen molar-refractivity contribution in [1.82, 2.24) is 10.2 Å². The fourth-order valence-corrected chi connectivity index (χ4v) is 3.76. The topological polar surface area (TPSA) is 139 Å². The van der Waals surface area contributed by atoms with E-state index in [2.05, 4.69) is 10.6 Å². The van der Waals surface area contributed by atoms with Gasteiger partial charge in [0.2, 0.25) is 5.91 Å². The molecule has 10 nitrogen and oxygen atoms in total. The first-order valence-corrected chi connectivity index (χ1v) is 10.7. The summed E-state index contributed by atoms with van der Waals surface area (Å²) >= 11 is 0. The highest BCUT2D eigenvalue weighted by Crippen LogP contribution is 2.27. The highest BCUT2D eigenvalue weighted by atomic mass is 16.6. The van der Waals surface area contributed by atoms with Crippen molar-refractivity contribution >= 4 is 35.0 Å². The number of anilines is 1. The van der Waals surface area contributed by atoms with Crippen LogP contribution in [0.4, 0.5) is 11.4 Å². The molecule has 1 unspecified atom stereocenters. The molecule has 0 spiro atoms. The Balaban J connectivity index is 1.46. The second kappa shape index (κ2) is 9.56. The van der Waals surface area contributed by atoms with Gasteiger partial charge in [0.25, 0.3) is 23.4 Å². The zero-order valence-electron chi connectivity index (χ0n) is 18.6. The van der Waals surface area contributed by atoms with Gasteiger partial charge in [0.15, 0.2) is 0 Å². The zero-order chi connectivity index (χ0) is 25.1. The summed E-state index contributed by atoms with van der Waals surface area (Å²) in [4.78, 5) is 61.8. The quantitative estimate of drug-likeness (QED) is 0.307. The van der Waals surface area contributed by atoms with Crippen molar-refractivity contribution in [3.05, 3.63) is 105 Å². The molecular weight excluding hydrogens is 452 g/mol. The summed E-state index contributed by atoms with van der Waals surface area (Å²) in [6.45, 7) is 1.22. The molecule has 1 aliphatic rings. The van der Waals surface area contributed by atoms with Crippen LogP contribution in [-0.4, -0.2) is 40.0 Å². The SMILES string of the molecule is CC(NC(=O)c1ccccc1NC(=O)CN1C(=O)c2ccc([N+](=O)[O-])cc2C1=O)c1ccccc1. The average molecular weight is 472 g/mol. The molecule has 3 aromatic carbocycles. The van der Waals surface area contributed by atoms with E-state index in [1.807, 2.05) is 37.3 Å². The molecule has 35 heavy (non-hydrogen) atoms.